The van der Waals surface area contributed by atoms with Gasteiger partial charge < -0.3 is 9.73 Å². The molecule has 130 valence electrons. The molecule has 1 amide bonds. The van der Waals surface area contributed by atoms with Gasteiger partial charge in [-0.1, -0.05) is 24.9 Å². The maximum atomic E-state index is 12.1. The lowest BCUT2D eigenvalue weighted by molar-refractivity contribution is -0.115. The van der Waals surface area contributed by atoms with Crippen molar-refractivity contribution in [1.82, 2.24) is 15.2 Å². The fourth-order valence-electron chi connectivity index (χ4n) is 2.39. The minimum Gasteiger partial charge on any atom is -0.444 e. The van der Waals surface area contributed by atoms with E-state index >= 15 is 0 Å². The van der Waals surface area contributed by atoms with Gasteiger partial charge in [0.15, 0.2) is 5.82 Å². The molecule has 6 nitrogen and oxygen atoms in total. The second kappa shape index (κ2) is 7.98. The van der Waals surface area contributed by atoms with Gasteiger partial charge in [-0.2, -0.15) is 5.10 Å². The Labute approximate surface area is 150 Å². The first-order chi connectivity index (χ1) is 12.1. The van der Waals surface area contributed by atoms with E-state index in [1.165, 1.54) is 6.26 Å². The lowest BCUT2D eigenvalue weighted by atomic mass is 10.2. The molecule has 0 atom stereocenters. The summed E-state index contributed by atoms with van der Waals surface area (Å²) >= 11 is 5.87. The number of nitrogens with one attached hydrogen (secondary N) is 2. The first kappa shape index (κ1) is 17.2. The number of carbonyl (C=O) groups is 1. The normalized spacial score (nSPS) is 10.8. The average Bonchev–Trinajstić information content (AvgIpc) is 3.23. The number of hydrogen-bond acceptors (Lipinski definition) is 4. The summed E-state index contributed by atoms with van der Waals surface area (Å²) in [5.41, 5.74) is 2.39. The van der Waals surface area contributed by atoms with Crippen molar-refractivity contribution in [2.45, 2.75) is 32.6 Å². The van der Waals surface area contributed by atoms with Crippen LogP contribution in [0.5, 0.6) is 0 Å². The number of aromatic nitrogens is 3. The first-order valence-corrected chi connectivity index (χ1v) is 8.56. The minimum atomic E-state index is -0.190. The molecule has 0 saturated heterocycles. The Balaban J connectivity index is 1.58. The van der Waals surface area contributed by atoms with Gasteiger partial charge in [-0.05, 0) is 37.1 Å². The Morgan fingerprint density at radius 3 is 2.88 bits per heavy atom. The van der Waals surface area contributed by atoms with Gasteiger partial charge in [0.25, 0.3) is 0 Å². The van der Waals surface area contributed by atoms with Crippen molar-refractivity contribution in [2.75, 3.05) is 5.32 Å². The van der Waals surface area contributed by atoms with E-state index in [2.05, 4.69) is 27.4 Å². The third-order valence-corrected chi connectivity index (χ3v) is 3.93. The average molecular weight is 359 g/mol. The second-order valence-electron chi connectivity index (χ2n) is 5.76. The van der Waals surface area contributed by atoms with Gasteiger partial charge in [-0.25, -0.2) is 4.98 Å². The van der Waals surface area contributed by atoms with Gasteiger partial charge in [0.2, 0.25) is 11.8 Å². The van der Waals surface area contributed by atoms with Gasteiger partial charge in [-0.15, -0.1) is 0 Å². The molecule has 0 saturated carbocycles. The van der Waals surface area contributed by atoms with Crippen LogP contribution in [0.15, 0.2) is 41.0 Å². The Morgan fingerprint density at radius 1 is 1.32 bits per heavy atom. The number of benzene rings is 1. The number of amides is 1. The van der Waals surface area contributed by atoms with E-state index in [1.807, 2.05) is 18.2 Å². The predicted octanol–water partition coefficient (Wildman–Crippen LogP) is 4.24. The Morgan fingerprint density at radius 2 is 2.12 bits per heavy atom. The molecule has 0 aliphatic heterocycles. The summed E-state index contributed by atoms with van der Waals surface area (Å²) in [5, 5.41) is 10.4. The lowest BCUT2D eigenvalue weighted by Gasteiger charge is -1.98. The summed E-state index contributed by atoms with van der Waals surface area (Å²) in [7, 11) is 0. The highest BCUT2D eigenvalue weighted by atomic mass is 35.5. The zero-order valence-electron chi connectivity index (χ0n) is 13.9. The van der Waals surface area contributed by atoms with Crippen molar-refractivity contribution in [2.24, 2.45) is 0 Å². The number of H-pyrrole nitrogens is 1. The SMILES string of the molecule is CCCCc1cc(NC(=O)Cc2coc(-c3ccc(Cl)cc3)n2)n[nH]1. The quantitative estimate of drug-likeness (QED) is 0.661. The Bertz CT molecular complexity index is 839. The molecule has 0 unspecified atom stereocenters. The van der Waals surface area contributed by atoms with Gasteiger partial charge >= 0.3 is 0 Å². The highest BCUT2D eigenvalue weighted by molar-refractivity contribution is 6.30. The number of carbonyl (C=O) groups excluding carboxylic acids is 1. The van der Waals surface area contributed by atoms with E-state index in [0.29, 0.717) is 22.4 Å². The standard InChI is InChI=1S/C18H19ClN4O2/c1-2-3-4-14-9-16(23-22-14)21-17(24)10-15-11-25-18(20-15)12-5-7-13(19)8-6-12/h5-9,11H,2-4,10H2,1H3,(H2,21,22,23,24). The van der Waals surface area contributed by atoms with E-state index in [0.717, 1.165) is 30.5 Å². The third-order valence-electron chi connectivity index (χ3n) is 3.68. The van der Waals surface area contributed by atoms with Crippen molar-refractivity contribution in [1.29, 1.82) is 0 Å². The number of unbranched alkanes of at least 4 members (excludes halogenated alkanes) is 1. The largest absolute Gasteiger partial charge is 0.444 e. The van der Waals surface area contributed by atoms with Crippen LogP contribution in [-0.2, 0) is 17.6 Å². The van der Waals surface area contributed by atoms with Crippen LogP contribution in [0.1, 0.15) is 31.2 Å². The molecule has 3 rings (SSSR count). The molecular weight excluding hydrogens is 340 g/mol. The molecule has 0 spiro atoms. The van der Waals surface area contributed by atoms with Gasteiger partial charge in [-0.3, -0.25) is 9.89 Å². The second-order valence-corrected chi connectivity index (χ2v) is 6.19. The molecule has 2 aromatic heterocycles. The van der Waals surface area contributed by atoms with E-state index in [9.17, 15) is 4.79 Å². The van der Waals surface area contributed by atoms with E-state index in [4.69, 9.17) is 16.0 Å². The molecule has 3 aromatic rings. The maximum Gasteiger partial charge on any atom is 0.231 e. The van der Waals surface area contributed by atoms with Crippen molar-refractivity contribution < 1.29 is 9.21 Å². The zero-order chi connectivity index (χ0) is 17.6. The van der Waals surface area contributed by atoms with Crippen molar-refractivity contribution in [3.63, 3.8) is 0 Å². The fourth-order valence-corrected chi connectivity index (χ4v) is 2.51. The minimum absolute atomic E-state index is 0.119. The summed E-state index contributed by atoms with van der Waals surface area (Å²) in [5.74, 6) is 0.795. The molecule has 0 aliphatic carbocycles. The molecule has 1 aromatic carbocycles. The maximum absolute atomic E-state index is 12.1. The highest BCUT2D eigenvalue weighted by Gasteiger charge is 2.12. The van der Waals surface area contributed by atoms with Gasteiger partial charge in [0.1, 0.15) is 6.26 Å². The van der Waals surface area contributed by atoms with E-state index < -0.39 is 0 Å². The van der Waals surface area contributed by atoms with Crippen LogP contribution in [0.4, 0.5) is 5.82 Å². The van der Waals surface area contributed by atoms with Crippen LogP contribution in [-0.4, -0.2) is 21.1 Å². The highest BCUT2D eigenvalue weighted by Crippen LogP contribution is 2.21. The molecule has 0 radical (unpaired) electrons. The fraction of sp³-hybridized carbons (Fsp3) is 0.278. The number of aromatic amines is 1. The van der Waals surface area contributed by atoms with Crippen molar-refractivity contribution >= 4 is 23.3 Å². The monoisotopic (exact) mass is 358 g/mol. The molecule has 0 fully saturated rings. The van der Waals surface area contributed by atoms with Crippen LogP contribution >= 0.6 is 11.6 Å². The molecule has 7 heteroatoms. The van der Waals surface area contributed by atoms with Gasteiger partial charge in [0, 0.05) is 22.3 Å². The van der Waals surface area contributed by atoms with Crippen LogP contribution < -0.4 is 5.32 Å². The molecule has 0 aliphatic rings. The number of halogens is 1. The van der Waals surface area contributed by atoms with E-state index in [1.54, 1.807) is 12.1 Å². The smallest absolute Gasteiger partial charge is 0.231 e. The summed E-state index contributed by atoms with van der Waals surface area (Å²) in [6, 6.07) is 9.02. The summed E-state index contributed by atoms with van der Waals surface area (Å²) in [6.45, 7) is 2.13. The number of rotatable bonds is 7. The number of aryl methyl sites for hydroxylation is 1. The number of nitrogens with zero attached hydrogens (tertiary/aromatic N) is 2. The number of anilines is 1. The van der Waals surface area contributed by atoms with Crippen LogP contribution in [0, 0.1) is 0 Å². The Kier molecular flexibility index (Phi) is 5.50. The van der Waals surface area contributed by atoms with Crippen molar-refractivity contribution in [3.05, 3.63) is 53.0 Å². The number of hydrogen-bond donors (Lipinski definition) is 2. The summed E-state index contributed by atoms with van der Waals surface area (Å²) in [4.78, 5) is 16.5. The van der Waals surface area contributed by atoms with E-state index in [-0.39, 0.29) is 12.3 Å². The number of oxazole rings is 1. The molecule has 25 heavy (non-hydrogen) atoms. The molecule has 2 heterocycles. The lowest BCUT2D eigenvalue weighted by Crippen LogP contribution is -2.14. The summed E-state index contributed by atoms with van der Waals surface area (Å²) in [6.07, 6.45) is 4.73. The van der Waals surface area contributed by atoms with Crippen molar-refractivity contribution in [3.8, 4) is 11.5 Å². The topological polar surface area (TPSA) is 83.8 Å². The Hall–Kier alpha value is -2.60. The van der Waals surface area contributed by atoms with Crippen LogP contribution in [0.2, 0.25) is 5.02 Å². The van der Waals surface area contributed by atoms with Gasteiger partial charge in [0.05, 0.1) is 12.1 Å². The summed E-state index contributed by atoms with van der Waals surface area (Å²) < 4.78 is 5.43. The molecule has 2 N–H and O–H groups in total. The third kappa shape index (κ3) is 4.70. The molecule has 0 bridgehead atoms. The predicted molar refractivity (Wildman–Crippen MR) is 96.5 cm³/mol. The first-order valence-electron chi connectivity index (χ1n) is 8.18. The van der Waals surface area contributed by atoms with Crippen LogP contribution in [0.25, 0.3) is 11.5 Å². The van der Waals surface area contributed by atoms with Crippen LogP contribution in [0.3, 0.4) is 0 Å². The zero-order valence-corrected chi connectivity index (χ0v) is 14.6. The molecular formula is C18H19ClN4O2.